The van der Waals surface area contributed by atoms with Crippen LogP contribution in [0.4, 0.5) is 0 Å². The number of likely N-dealkylation sites (N-methyl/N-ethyl adjacent to an activating group) is 1. The molecule has 20 heavy (non-hydrogen) atoms. The molecule has 4 nitrogen and oxygen atoms in total. The molecule has 1 heterocycles. The molecular formula is C16H20N2O2. The summed E-state index contributed by atoms with van der Waals surface area (Å²) >= 11 is 0. The maximum Gasteiger partial charge on any atom is 0.249 e. The Balaban J connectivity index is 2.34. The quantitative estimate of drug-likeness (QED) is 0.835. The second kappa shape index (κ2) is 5.90. The van der Waals surface area contributed by atoms with E-state index < -0.39 is 6.04 Å². The van der Waals surface area contributed by atoms with Gasteiger partial charge in [0.25, 0.3) is 0 Å². The summed E-state index contributed by atoms with van der Waals surface area (Å²) in [6.07, 6.45) is 2.33. The molecule has 0 saturated heterocycles. The summed E-state index contributed by atoms with van der Waals surface area (Å²) in [5, 5.41) is 2.82. The van der Waals surface area contributed by atoms with E-state index in [0.717, 1.165) is 23.1 Å². The van der Waals surface area contributed by atoms with Gasteiger partial charge >= 0.3 is 0 Å². The fourth-order valence-corrected chi connectivity index (χ4v) is 2.38. The topological polar surface area (TPSA) is 49.4 Å². The first-order valence-electron chi connectivity index (χ1n) is 6.77. The number of nitrogens with zero attached hydrogens (tertiary/aromatic N) is 1. The molecule has 0 bridgehead atoms. The Hall–Kier alpha value is -2.10. The highest BCUT2D eigenvalue weighted by Crippen LogP contribution is 2.24. The summed E-state index contributed by atoms with van der Waals surface area (Å²) in [5.74, 6) is -0.293. The van der Waals surface area contributed by atoms with Gasteiger partial charge in [-0.05, 0) is 31.4 Å². The maximum atomic E-state index is 12.4. The molecule has 1 aromatic rings. The van der Waals surface area contributed by atoms with Crippen molar-refractivity contribution in [1.29, 1.82) is 0 Å². The molecule has 106 valence electrons. The lowest BCUT2D eigenvalue weighted by molar-refractivity contribution is -0.134. The molecule has 0 aromatic heterocycles. The van der Waals surface area contributed by atoms with Crippen molar-refractivity contribution in [2.45, 2.75) is 26.3 Å². The van der Waals surface area contributed by atoms with E-state index in [1.807, 2.05) is 38.1 Å². The smallest absolute Gasteiger partial charge is 0.249 e. The highest BCUT2D eigenvalue weighted by molar-refractivity contribution is 5.94. The van der Waals surface area contributed by atoms with E-state index in [9.17, 15) is 9.59 Å². The van der Waals surface area contributed by atoms with Gasteiger partial charge in [0.2, 0.25) is 11.8 Å². The van der Waals surface area contributed by atoms with Crippen molar-refractivity contribution in [3.05, 3.63) is 47.0 Å². The Morgan fingerprint density at radius 3 is 2.75 bits per heavy atom. The zero-order valence-corrected chi connectivity index (χ0v) is 12.1. The minimum Gasteiger partial charge on any atom is -0.343 e. The average molecular weight is 272 g/mol. The number of rotatable bonds is 2. The molecule has 1 aromatic carbocycles. The predicted molar refractivity (Wildman–Crippen MR) is 78.1 cm³/mol. The van der Waals surface area contributed by atoms with Gasteiger partial charge in [-0.25, -0.2) is 0 Å². The molecule has 2 rings (SSSR count). The standard InChI is InChI=1S/C16H20N2O2/c1-11(2)10-14(19)17-15-13-7-5-4-6-12(13)8-9-18(3)16(15)20/h4-7,10,15H,8-9H2,1-3H3,(H,17,19)/t15-/m0/s1. The van der Waals surface area contributed by atoms with Crippen LogP contribution in [0.25, 0.3) is 0 Å². The molecule has 0 spiro atoms. The molecular weight excluding hydrogens is 252 g/mol. The van der Waals surface area contributed by atoms with Gasteiger partial charge in [0.1, 0.15) is 6.04 Å². The van der Waals surface area contributed by atoms with Crippen LogP contribution >= 0.6 is 0 Å². The van der Waals surface area contributed by atoms with Crippen LogP contribution in [-0.2, 0) is 16.0 Å². The van der Waals surface area contributed by atoms with Crippen LogP contribution in [0.2, 0.25) is 0 Å². The summed E-state index contributed by atoms with van der Waals surface area (Å²) in [6.45, 7) is 4.38. The monoisotopic (exact) mass is 272 g/mol. The van der Waals surface area contributed by atoms with Gasteiger partial charge in [0, 0.05) is 19.7 Å². The molecule has 1 N–H and O–H groups in total. The van der Waals surface area contributed by atoms with Crippen LogP contribution in [0.5, 0.6) is 0 Å². The number of carbonyl (C=O) groups excluding carboxylic acids is 2. The highest BCUT2D eigenvalue weighted by atomic mass is 16.2. The molecule has 1 aliphatic rings. The van der Waals surface area contributed by atoms with Crippen molar-refractivity contribution in [3.8, 4) is 0 Å². The third-order valence-corrected chi connectivity index (χ3v) is 3.41. The van der Waals surface area contributed by atoms with E-state index in [-0.39, 0.29) is 11.8 Å². The largest absolute Gasteiger partial charge is 0.343 e. The van der Waals surface area contributed by atoms with E-state index in [4.69, 9.17) is 0 Å². The number of carbonyl (C=O) groups is 2. The zero-order valence-electron chi connectivity index (χ0n) is 12.1. The van der Waals surface area contributed by atoms with Crippen molar-refractivity contribution in [2.24, 2.45) is 0 Å². The van der Waals surface area contributed by atoms with E-state index in [1.165, 1.54) is 6.08 Å². The van der Waals surface area contributed by atoms with Crippen molar-refractivity contribution < 1.29 is 9.59 Å². The lowest BCUT2D eigenvalue weighted by Gasteiger charge is -2.21. The Kier molecular flexibility index (Phi) is 4.23. The van der Waals surface area contributed by atoms with Crippen molar-refractivity contribution in [1.82, 2.24) is 10.2 Å². The minimum absolute atomic E-state index is 0.0644. The van der Waals surface area contributed by atoms with Crippen LogP contribution in [-0.4, -0.2) is 30.3 Å². The van der Waals surface area contributed by atoms with Gasteiger partial charge in [-0.15, -0.1) is 0 Å². The third kappa shape index (κ3) is 3.07. The number of allylic oxidation sites excluding steroid dienone is 1. The third-order valence-electron chi connectivity index (χ3n) is 3.41. The lowest BCUT2D eigenvalue weighted by Crippen LogP contribution is -2.40. The van der Waals surface area contributed by atoms with Gasteiger partial charge in [-0.1, -0.05) is 29.8 Å². The molecule has 1 aliphatic heterocycles. The van der Waals surface area contributed by atoms with E-state index in [2.05, 4.69) is 5.32 Å². The highest BCUT2D eigenvalue weighted by Gasteiger charge is 2.29. The number of hydrogen-bond donors (Lipinski definition) is 1. The van der Waals surface area contributed by atoms with Crippen LogP contribution in [0.3, 0.4) is 0 Å². The number of benzene rings is 1. The van der Waals surface area contributed by atoms with Crippen LogP contribution in [0.1, 0.15) is 31.0 Å². The number of fused-ring (bicyclic) bond motifs is 1. The Morgan fingerprint density at radius 2 is 2.05 bits per heavy atom. The number of nitrogens with one attached hydrogen (secondary N) is 1. The maximum absolute atomic E-state index is 12.4. The van der Waals surface area contributed by atoms with Gasteiger partial charge in [0.15, 0.2) is 0 Å². The molecule has 4 heteroatoms. The molecule has 0 fully saturated rings. The summed E-state index contributed by atoms with van der Waals surface area (Å²) in [4.78, 5) is 26.0. The average Bonchev–Trinajstić information content (AvgIpc) is 2.51. The zero-order chi connectivity index (χ0) is 14.7. The van der Waals surface area contributed by atoms with E-state index in [1.54, 1.807) is 11.9 Å². The van der Waals surface area contributed by atoms with Crippen molar-refractivity contribution >= 4 is 11.8 Å². The van der Waals surface area contributed by atoms with Crippen molar-refractivity contribution in [3.63, 3.8) is 0 Å². The Bertz CT molecular complexity index is 559. The van der Waals surface area contributed by atoms with E-state index >= 15 is 0 Å². The summed E-state index contributed by atoms with van der Waals surface area (Å²) in [5.41, 5.74) is 2.93. The first-order valence-corrected chi connectivity index (χ1v) is 6.77. The molecule has 0 radical (unpaired) electrons. The van der Waals surface area contributed by atoms with Gasteiger partial charge in [0.05, 0.1) is 0 Å². The minimum atomic E-state index is -0.596. The first-order chi connectivity index (χ1) is 9.49. The summed E-state index contributed by atoms with van der Waals surface area (Å²) < 4.78 is 0. The number of amides is 2. The van der Waals surface area contributed by atoms with Gasteiger partial charge in [-0.3, -0.25) is 9.59 Å². The molecule has 0 saturated carbocycles. The van der Waals surface area contributed by atoms with Crippen LogP contribution in [0.15, 0.2) is 35.9 Å². The first kappa shape index (κ1) is 14.3. The summed E-state index contributed by atoms with van der Waals surface area (Å²) in [7, 11) is 1.77. The molecule has 2 amide bonds. The molecule has 0 unspecified atom stereocenters. The Labute approximate surface area is 119 Å². The van der Waals surface area contributed by atoms with Gasteiger partial charge in [-0.2, -0.15) is 0 Å². The fourth-order valence-electron chi connectivity index (χ4n) is 2.38. The van der Waals surface area contributed by atoms with Crippen molar-refractivity contribution in [2.75, 3.05) is 13.6 Å². The second-order valence-electron chi connectivity index (χ2n) is 5.37. The molecule has 0 aliphatic carbocycles. The second-order valence-corrected chi connectivity index (χ2v) is 5.37. The normalized spacial score (nSPS) is 18.1. The van der Waals surface area contributed by atoms with E-state index in [0.29, 0.717) is 6.54 Å². The fraction of sp³-hybridized carbons (Fsp3) is 0.375. The van der Waals surface area contributed by atoms with Gasteiger partial charge < -0.3 is 10.2 Å². The lowest BCUT2D eigenvalue weighted by atomic mass is 9.99. The molecule has 1 atom stereocenters. The Morgan fingerprint density at radius 1 is 1.35 bits per heavy atom. The number of hydrogen-bond acceptors (Lipinski definition) is 2. The van der Waals surface area contributed by atoms with Crippen LogP contribution in [0, 0.1) is 0 Å². The predicted octanol–water partition coefficient (Wildman–Crippen LogP) is 1.82. The SMILES string of the molecule is CC(C)=CC(=O)N[C@@H]1C(=O)N(C)CCc2ccccc21. The van der Waals surface area contributed by atoms with Crippen LogP contribution < -0.4 is 5.32 Å². The summed E-state index contributed by atoms with van der Waals surface area (Å²) in [6, 6.07) is 7.20.